The first-order valence-electron chi connectivity index (χ1n) is 8.24. The van der Waals surface area contributed by atoms with Crippen LogP contribution in [0.4, 0.5) is 8.78 Å². The van der Waals surface area contributed by atoms with Gasteiger partial charge in [-0.2, -0.15) is 0 Å². The second kappa shape index (κ2) is 7.13. The largest absolute Gasteiger partial charge is 0.384 e. The molecule has 132 valence electrons. The molecule has 1 amide bonds. The summed E-state index contributed by atoms with van der Waals surface area (Å²) in [7, 11) is 0. The van der Waals surface area contributed by atoms with Crippen LogP contribution in [0, 0.1) is 11.6 Å². The van der Waals surface area contributed by atoms with Crippen LogP contribution in [0.2, 0.25) is 0 Å². The molecule has 2 aliphatic rings. The molecule has 2 aliphatic heterocycles. The molecule has 0 unspecified atom stereocenters. The molecule has 3 rings (SSSR count). The van der Waals surface area contributed by atoms with Crippen LogP contribution < -0.4 is 0 Å². The zero-order valence-corrected chi connectivity index (χ0v) is 13.5. The summed E-state index contributed by atoms with van der Waals surface area (Å²) >= 11 is 0. The highest BCUT2D eigenvalue weighted by Gasteiger charge is 2.37. The molecule has 0 saturated carbocycles. The van der Waals surface area contributed by atoms with Crippen LogP contribution in [-0.2, 0) is 4.74 Å². The third kappa shape index (κ3) is 3.91. The quantitative estimate of drug-likeness (QED) is 0.900. The summed E-state index contributed by atoms with van der Waals surface area (Å²) in [6, 6.07) is 2.89. The minimum Gasteiger partial charge on any atom is -0.384 e. The average Bonchev–Trinajstić information content (AvgIpc) is 2.94. The van der Waals surface area contributed by atoms with Gasteiger partial charge >= 0.3 is 0 Å². The summed E-state index contributed by atoms with van der Waals surface area (Å²) in [6.07, 6.45) is 2.20. The van der Waals surface area contributed by atoms with Gasteiger partial charge in [0.2, 0.25) is 0 Å². The molecular weight excluding hydrogens is 318 g/mol. The number of ether oxygens (including phenoxy) is 1. The summed E-state index contributed by atoms with van der Waals surface area (Å²) in [5, 5.41) is 10.9. The van der Waals surface area contributed by atoms with Crippen molar-refractivity contribution in [1.82, 2.24) is 9.80 Å². The number of hydrogen-bond donors (Lipinski definition) is 1. The number of likely N-dealkylation sites (tertiary alicyclic amines) is 1. The van der Waals surface area contributed by atoms with Crippen molar-refractivity contribution < 1.29 is 23.4 Å². The molecule has 0 bridgehead atoms. The van der Waals surface area contributed by atoms with Crippen molar-refractivity contribution in [3.8, 4) is 0 Å². The minimum atomic E-state index is -1.19. The second-order valence-electron chi connectivity index (χ2n) is 6.61. The predicted molar refractivity (Wildman–Crippen MR) is 83.7 cm³/mol. The highest BCUT2D eigenvalue weighted by atomic mass is 19.1. The van der Waals surface area contributed by atoms with E-state index in [2.05, 4.69) is 4.90 Å². The van der Waals surface area contributed by atoms with E-state index in [0.29, 0.717) is 12.6 Å². The highest BCUT2D eigenvalue weighted by Crippen LogP contribution is 2.20. The zero-order valence-electron chi connectivity index (χ0n) is 13.5. The number of carbonyl (C=O) groups excluding carboxylic acids is 1. The van der Waals surface area contributed by atoms with Crippen LogP contribution in [0.3, 0.4) is 0 Å². The Hall–Kier alpha value is -1.57. The third-order valence-corrected chi connectivity index (χ3v) is 4.53. The molecule has 2 saturated heterocycles. The Labute approximate surface area is 139 Å². The van der Waals surface area contributed by atoms with Crippen LogP contribution in [0.25, 0.3) is 0 Å². The Balaban J connectivity index is 1.75. The topological polar surface area (TPSA) is 53.0 Å². The maximum absolute atomic E-state index is 13.9. The van der Waals surface area contributed by atoms with Crippen molar-refractivity contribution in [2.75, 3.05) is 45.9 Å². The Morgan fingerprint density at radius 3 is 2.71 bits per heavy atom. The monoisotopic (exact) mass is 340 g/mol. The van der Waals surface area contributed by atoms with Crippen LogP contribution in [0.1, 0.15) is 23.2 Å². The van der Waals surface area contributed by atoms with Crippen molar-refractivity contribution in [3.05, 3.63) is 35.4 Å². The van der Waals surface area contributed by atoms with E-state index in [1.807, 2.05) is 0 Å². The van der Waals surface area contributed by atoms with Gasteiger partial charge < -0.3 is 19.6 Å². The van der Waals surface area contributed by atoms with E-state index in [4.69, 9.17) is 4.74 Å². The highest BCUT2D eigenvalue weighted by molar-refractivity contribution is 5.94. The van der Waals surface area contributed by atoms with Crippen LogP contribution in [0.15, 0.2) is 18.2 Å². The summed E-state index contributed by atoms with van der Waals surface area (Å²) < 4.78 is 32.4. The van der Waals surface area contributed by atoms with Crippen LogP contribution in [-0.4, -0.2) is 72.4 Å². The van der Waals surface area contributed by atoms with Crippen molar-refractivity contribution in [3.63, 3.8) is 0 Å². The Bertz CT molecular complexity index is 607. The smallest absolute Gasteiger partial charge is 0.257 e. The van der Waals surface area contributed by atoms with Crippen molar-refractivity contribution >= 4 is 5.91 Å². The minimum absolute atomic E-state index is 0.0686. The molecule has 0 spiro atoms. The second-order valence-corrected chi connectivity index (χ2v) is 6.61. The normalized spacial score (nSPS) is 25.7. The molecule has 2 heterocycles. The SMILES string of the molecule is O=C(c1ccc(F)cc1F)N1CCOC[C@](O)(CN2CCCC2)C1. The van der Waals surface area contributed by atoms with E-state index in [1.54, 1.807) is 0 Å². The van der Waals surface area contributed by atoms with Crippen molar-refractivity contribution in [1.29, 1.82) is 0 Å². The summed E-state index contributed by atoms with van der Waals surface area (Å²) in [4.78, 5) is 16.1. The molecule has 0 radical (unpaired) electrons. The fourth-order valence-electron chi connectivity index (χ4n) is 3.38. The number of carbonyl (C=O) groups is 1. The van der Waals surface area contributed by atoms with Gasteiger partial charge in [0.1, 0.15) is 17.2 Å². The molecule has 0 aromatic heterocycles. The van der Waals surface area contributed by atoms with E-state index in [-0.39, 0.29) is 31.9 Å². The van der Waals surface area contributed by atoms with Gasteiger partial charge in [-0.1, -0.05) is 0 Å². The maximum atomic E-state index is 13.9. The first-order valence-corrected chi connectivity index (χ1v) is 8.24. The molecule has 1 aromatic carbocycles. The van der Waals surface area contributed by atoms with Gasteiger partial charge in [0.05, 0.1) is 25.3 Å². The summed E-state index contributed by atoms with van der Waals surface area (Å²) in [5.74, 6) is -2.18. The summed E-state index contributed by atoms with van der Waals surface area (Å²) in [5.41, 5.74) is -1.38. The lowest BCUT2D eigenvalue weighted by Gasteiger charge is -2.34. The molecular formula is C17H22F2N2O3. The van der Waals surface area contributed by atoms with Crippen LogP contribution in [0.5, 0.6) is 0 Å². The van der Waals surface area contributed by atoms with E-state index in [1.165, 1.54) is 4.90 Å². The third-order valence-electron chi connectivity index (χ3n) is 4.53. The number of nitrogens with zero attached hydrogens (tertiary/aromatic N) is 2. The number of β-amino-alcohol motifs (C(OH)–C–C–N with tert-alkyl or cyclic N) is 1. The van der Waals surface area contributed by atoms with E-state index >= 15 is 0 Å². The van der Waals surface area contributed by atoms with Crippen LogP contribution >= 0.6 is 0 Å². The predicted octanol–water partition coefficient (Wildman–Crippen LogP) is 1.26. The molecule has 1 atom stereocenters. The molecule has 1 N–H and O–H groups in total. The molecule has 0 aliphatic carbocycles. The lowest BCUT2D eigenvalue weighted by Crippen LogP contribution is -2.53. The maximum Gasteiger partial charge on any atom is 0.257 e. The van der Waals surface area contributed by atoms with Gasteiger partial charge in [-0.3, -0.25) is 4.79 Å². The number of halogens is 2. The molecule has 5 nitrogen and oxygen atoms in total. The van der Waals surface area contributed by atoms with Gasteiger partial charge in [0.25, 0.3) is 5.91 Å². The average molecular weight is 340 g/mol. The van der Waals surface area contributed by atoms with Crippen molar-refractivity contribution in [2.24, 2.45) is 0 Å². The number of benzene rings is 1. The van der Waals surface area contributed by atoms with Gasteiger partial charge in [0, 0.05) is 19.2 Å². The fourth-order valence-corrected chi connectivity index (χ4v) is 3.38. The number of aliphatic hydroxyl groups is 1. The number of amides is 1. The van der Waals surface area contributed by atoms with Gasteiger partial charge in [0.15, 0.2) is 0 Å². The number of rotatable bonds is 3. The summed E-state index contributed by atoms with van der Waals surface area (Å²) in [6.45, 7) is 3.00. The molecule has 2 fully saturated rings. The standard InChI is InChI=1S/C17H22F2N2O3/c18-13-3-4-14(15(19)9-13)16(22)21-7-8-24-12-17(23,11-21)10-20-5-1-2-6-20/h3-4,9,23H,1-2,5-8,10-12H2/t17-/m0/s1. The number of hydrogen-bond acceptors (Lipinski definition) is 4. The molecule has 24 heavy (non-hydrogen) atoms. The zero-order chi connectivity index (χ0) is 17.2. The fraction of sp³-hybridized carbons (Fsp3) is 0.588. The molecule has 7 heteroatoms. The van der Waals surface area contributed by atoms with E-state index in [0.717, 1.165) is 38.1 Å². The Morgan fingerprint density at radius 1 is 1.25 bits per heavy atom. The van der Waals surface area contributed by atoms with Gasteiger partial charge in [-0.05, 0) is 38.1 Å². The Kier molecular flexibility index (Phi) is 5.12. The Morgan fingerprint density at radius 2 is 2.00 bits per heavy atom. The molecule has 1 aromatic rings. The lowest BCUT2D eigenvalue weighted by atomic mass is 10.0. The van der Waals surface area contributed by atoms with Gasteiger partial charge in [-0.15, -0.1) is 0 Å². The van der Waals surface area contributed by atoms with Gasteiger partial charge in [-0.25, -0.2) is 8.78 Å². The van der Waals surface area contributed by atoms with E-state index in [9.17, 15) is 18.7 Å². The van der Waals surface area contributed by atoms with E-state index < -0.39 is 23.1 Å². The van der Waals surface area contributed by atoms with Crippen molar-refractivity contribution in [2.45, 2.75) is 18.4 Å². The first-order chi connectivity index (χ1) is 11.5. The lowest BCUT2D eigenvalue weighted by molar-refractivity contribution is -0.0524. The first kappa shape index (κ1) is 17.3.